The van der Waals surface area contributed by atoms with Crippen molar-refractivity contribution in [3.05, 3.63) is 46.9 Å². The van der Waals surface area contributed by atoms with Crippen LogP contribution in [0, 0.1) is 0 Å². The van der Waals surface area contributed by atoms with Crippen molar-refractivity contribution < 1.29 is 38.4 Å². The molecule has 11 nitrogen and oxygen atoms in total. The molecule has 0 unspecified atom stereocenters. The fourth-order valence-electron chi connectivity index (χ4n) is 2.98. The topological polar surface area (TPSA) is 142 Å². The molecule has 3 aromatic rings. The Kier molecular flexibility index (Phi) is 9.17. The molecule has 1 heterocycles. The molecule has 0 spiro atoms. The number of thioether (sulfide) groups is 1. The molecule has 0 aliphatic carbocycles. The van der Waals surface area contributed by atoms with Crippen LogP contribution in [0.4, 0.5) is 0 Å². The molecule has 3 rings (SSSR count). The van der Waals surface area contributed by atoms with Crippen LogP contribution < -0.4 is 18.9 Å². The summed E-state index contributed by atoms with van der Waals surface area (Å²) < 4.78 is 26.2. The van der Waals surface area contributed by atoms with Gasteiger partial charge >= 0.3 is 11.9 Å². The van der Waals surface area contributed by atoms with E-state index in [0.29, 0.717) is 39.9 Å². The second-order valence-electron chi connectivity index (χ2n) is 6.99. The van der Waals surface area contributed by atoms with Crippen LogP contribution >= 0.6 is 11.8 Å². The van der Waals surface area contributed by atoms with E-state index in [4.69, 9.17) is 23.7 Å². The third-order valence-corrected chi connectivity index (χ3v) is 5.52. The first-order chi connectivity index (χ1) is 17.4. The van der Waals surface area contributed by atoms with Crippen molar-refractivity contribution in [3.63, 3.8) is 0 Å². The van der Waals surface area contributed by atoms with Gasteiger partial charge in [-0.25, -0.2) is 14.6 Å². The fourth-order valence-corrected chi connectivity index (χ4v) is 3.69. The van der Waals surface area contributed by atoms with Gasteiger partial charge in [0.1, 0.15) is 16.4 Å². The van der Waals surface area contributed by atoms with Crippen molar-refractivity contribution in [1.82, 2.24) is 15.2 Å². The molecule has 0 aliphatic heterocycles. The number of nitrogens with zero attached hydrogens (tertiary/aromatic N) is 2. The van der Waals surface area contributed by atoms with Crippen LogP contribution in [0.25, 0.3) is 17.5 Å². The minimum Gasteiger partial charge on any atom is -0.497 e. The van der Waals surface area contributed by atoms with Gasteiger partial charge in [-0.15, -0.1) is 5.10 Å². The number of carbonyl (C=O) groups is 2. The first-order valence-corrected chi connectivity index (χ1v) is 11.4. The molecule has 36 heavy (non-hydrogen) atoms. The second-order valence-corrected chi connectivity index (χ2v) is 8.00. The molecule has 0 aliphatic rings. The predicted molar refractivity (Wildman–Crippen MR) is 132 cm³/mol. The number of rotatable bonds is 12. The van der Waals surface area contributed by atoms with Crippen LogP contribution in [0.1, 0.15) is 12.5 Å². The third-order valence-electron chi connectivity index (χ3n) is 4.64. The van der Waals surface area contributed by atoms with Crippen LogP contribution in [-0.2, 0) is 14.3 Å². The molecule has 190 valence electrons. The molecule has 0 atom stereocenters. The van der Waals surface area contributed by atoms with Gasteiger partial charge < -0.3 is 28.8 Å². The van der Waals surface area contributed by atoms with E-state index in [-0.39, 0.29) is 23.3 Å². The van der Waals surface area contributed by atoms with Gasteiger partial charge in [-0.2, -0.15) is 0 Å². The number of nitrogens with one attached hydrogen (secondary N) is 1. The Hall–Kier alpha value is -4.19. The quantitative estimate of drug-likeness (QED) is 0.207. The number of ether oxygens (including phenoxy) is 5. The number of hydrogen-bond donors (Lipinski definition) is 2. The van der Waals surface area contributed by atoms with Gasteiger partial charge in [0.05, 0.1) is 27.9 Å². The number of aromatic nitrogens is 3. The number of esters is 1. The number of methoxy groups -OCH3 is 3. The SMILES string of the molecule is CCOC(=O)COc1ccc(/C=C(\Sc2n[nH]c(-c3cc(OC)cc(OC)c3)n2)C(=O)O)cc1OC. The molecule has 0 saturated heterocycles. The predicted octanol–water partition coefficient (Wildman–Crippen LogP) is 3.66. The molecule has 0 amide bonds. The average molecular weight is 516 g/mol. The highest BCUT2D eigenvalue weighted by Gasteiger charge is 2.16. The average Bonchev–Trinajstić information content (AvgIpc) is 3.35. The maximum atomic E-state index is 11.9. The summed E-state index contributed by atoms with van der Waals surface area (Å²) in [5.74, 6) is 0.551. The number of carboxylic acid groups (broad SMARTS) is 1. The van der Waals surface area contributed by atoms with Crippen molar-refractivity contribution in [2.24, 2.45) is 0 Å². The summed E-state index contributed by atoms with van der Waals surface area (Å²) in [4.78, 5) is 27.8. The lowest BCUT2D eigenvalue weighted by molar-refractivity contribution is -0.145. The van der Waals surface area contributed by atoms with Gasteiger partial charge in [0.25, 0.3) is 0 Å². The van der Waals surface area contributed by atoms with Crippen molar-refractivity contribution >= 4 is 29.8 Å². The largest absolute Gasteiger partial charge is 0.497 e. The third kappa shape index (κ3) is 6.92. The number of benzene rings is 2. The number of carbonyl (C=O) groups excluding carboxylic acids is 1. The van der Waals surface area contributed by atoms with E-state index in [1.54, 1.807) is 43.3 Å². The van der Waals surface area contributed by atoms with E-state index in [9.17, 15) is 14.7 Å². The molecule has 0 fully saturated rings. The van der Waals surface area contributed by atoms with Gasteiger partial charge in [0, 0.05) is 11.6 Å². The Labute approximate surface area is 211 Å². The Bertz CT molecular complexity index is 1240. The monoisotopic (exact) mass is 515 g/mol. The highest BCUT2D eigenvalue weighted by atomic mass is 32.2. The Morgan fingerprint density at radius 3 is 2.36 bits per heavy atom. The molecular weight excluding hydrogens is 490 g/mol. The highest BCUT2D eigenvalue weighted by Crippen LogP contribution is 2.33. The van der Waals surface area contributed by atoms with E-state index in [1.807, 2.05) is 0 Å². The summed E-state index contributed by atoms with van der Waals surface area (Å²) in [6, 6.07) is 10.0. The second kappa shape index (κ2) is 12.5. The zero-order valence-corrected chi connectivity index (χ0v) is 20.9. The van der Waals surface area contributed by atoms with E-state index in [0.717, 1.165) is 11.8 Å². The summed E-state index contributed by atoms with van der Waals surface area (Å²) in [5, 5.41) is 16.9. The zero-order chi connectivity index (χ0) is 26.1. The molecule has 12 heteroatoms. The van der Waals surface area contributed by atoms with Gasteiger partial charge in [0.15, 0.2) is 23.9 Å². The summed E-state index contributed by atoms with van der Waals surface area (Å²) >= 11 is 0.877. The van der Waals surface area contributed by atoms with E-state index in [1.165, 1.54) is 27.4 Å². The summed E-state index contributed by atoms with van der Waals surface area (Å²) in [6.07, 6.45) is 1.45. The standard InChI is InChI=1S/C24H25N3O8S/c1-5-34-21(28)13-35-18-7-6-14(8-19(18)33-4)9-20(23(29)30)36-24-25-22(26-27-24)15-10-16(31-2)12-17(11-15)32-3/h6-12H,5,13H2,1-4H3,(H,29,30)(H,25,26,27)/b20-9-. The minimum absolute atomic E-state index is 0.0222. The maximum absolute atomic E-state index is 11.9. The van der Waals surface area contributed by atoms with E-state index < -0.39 is 11.9 Å². The van der Waals surface area contributed by atoms with Crippen LogP contribution in [0.15, 0.2) is 46.5 Å². The first kappa shape index (κ1) is 26.4. The maximum Gasteiger partial charge on any atom is 0.344 e. The lowest BCUT2D eigenvalue weighted by atomic mass is 10.2. The lowest BCUT2D eigenvalue weighted by Crippen LogP contribution is -2.14. The number of carboxylic acids is 1. The highest BCUT2D eigenvalue weighted by molar-refractivity contribution is 8.04. The Morgan fingerprint density at radius 2 is 1.75 bits per heavy atom. The minimum atomic E-state index is -1.16. The van der Waals surface area contributed by atoms with Gasteiger partial charge in [-0.3, -0.25) is 5.10 Å². The van der Waals surface area contributed by atoms with Crippen LogP contribution in [-0.4, -0.2) is 66.8 Å². The number of aromatic amines is 1. The van der Waals surface area contributed by atoms with Crippen LogP contribution in [0.5, 0.6) is 23.0 Å². The van der Waals surface area contributed by atoms with E-state index in [2.05, 4.69) is 15.2 Å². The van der Waals surface area contributed by atoms with Crippen molar-refractivity contribution in [2.75, 3.05) is 34.5 Å². The summed E-state index contributed by atoms with van der Waals surface area (Å²) in [6.45, 7) is 1.67. The molecule has 0 radical (unpaired) electrons. The molecule has 2 aromatic carbocycles. The smallest absolute Gasteiger partial charge is 0.344 e. The molecular formula is C24H25N3O8S. The van der Waals surface area contributed by atoms with Gasteiger partial charge in [-0.1, -0.05) is 6.07 Å². The molecule has 0 bridgehead atoms. The number of aliphatic carboxylic acids is 1. The van der Waals surface area contributed by atoms with Crippen molar-refractivity contribution in [1.29, 1.82) is 0 Å². The molecule has 0 saturated carbocycles. The first-order valence-electron chi connectivity index (χ1n) is 10.6. The van der Waals surface area contributed by atoms with Gasteiger partial charge in [0.2, 0.25) is 5.16 Å². The van der Waals surface area contributed by atoms with Crippen molar-refractivity contribution in [2.45, 2.75) is 12.1 Å². The Balaban J connectivity index is 1.81. The summed E-state index contributed by atoms with van der Waals surface area (Å²) in [7, 11) is 4.52. The van der Waals surface area contributed by atoms with Crippen molar-refractivity contribution in [3.8, 4) is 34.4 Å². The number of hydrogen-bond acceptors (Lipinski definition) is 10. The zero-order valence-electron chi connectivity index (χ0n) is 20.1. The Morgan fingerprint density at radius 1 is 1.03 bits per heavy atom. The molecule has 2 N–H and O–H groups in total. The van der Waals surface area contributed by atoms with E-state index >= 15 is 0 Å². The van der Waals surface area contributed by atoms with Gasteiger partial charge in [-0.05, 0) is 54.6 Å². The summed E-state index contributed by atoms with van der Waals surface area (Å²) in [5.41, 5.74) is 1.20. The van der Waals surface area contributed by atoms with Crippen LogP contribution in [0.3, 0.4) is 0 Å². The lowest BCUT2D eigenvalue weighted by Gasteiger charge is -2.11. The number of H-pyrrole nitrogens is 1. The normalized spacial score (nSPS) is 11.1. The molecule has 1 aromatic heterocycles. The van der Waals surface area contributed by atoms with Crippen LogP contribution in [0.2, 0.25) is 0 Å². The fraction of sp³-hybridized carbons (Fsp3) is 0.250.